The molecule has 104 valence electrons. The molecule has 4 N–H and O–H groups in total. The summed E-state index contributed by atoms with van der Waals surface area (Å²) in [7, 11) is 0. The van der Waals surface area contributed by atoms with Gasteiger partial charge >= 0.3 is 5.97 Å². The van der Waals surface area contributed by atoms with E-state index in [9.17, 15) is 4.79 Å². The minimum atomic E-state index is -0.897. The molecule has 0 bridgehead atoms. The third kappa shape index (κ3) is 4.42. The van der Waals surface area contributed by atoms with Gasteiger partial charge in [0, 0.05) is 18.1 Å². The first-order chi connectivity index (χ1) is 8.16. The number of aromatic amines is 1. The van der Waals surface area contributed by atoms with E-state index in [-0.39, 0.29) is 24.8 Å². The van der Waals surface area contributed by atoms with Crippen LogP contribution in [0.3, 0.4) is 0 Å². The Morgan fingerprint density at radius 2 is 2.11 bits per heavy atom. The molecular weight excluding hydrogens is 291 g/mol. The molecule has 0 aliphatic carbocycles. The molecule has 8 heteroatoms. The predicted molar refractivity (Wildman–Crippen MR) is 75.8 cm³/mol. The number of nitrogens with zero attached hydrogens (tertiary/aromatic N) is 2. The Kier molecular flexibility index (Phi) is 6.89. The number of aliphatic carboxylic acids is 1. The third-order valence-corrected chi connectivity index (χ3v) is 2.48. The van der Waals surface area contributed by atoms with Gasteiger partial charge in [-0.25, -0.2) is 9.97 Å². The monoisotopic (exact) mass is 304 g/mol. The van der Waals surface area contributed by atoms with E-state index in [2.05, 4.69) is 15.0 Å². The summed E-state index contributed by atoms with van der Waals surface area (Å²) in [6, 6.07) is 3.43. The number of hydrogen-bond donors (Lipinski definition) is 3. The van der Waals surface area contributed by atoms with Crippen molar-refractivity contribution in [3.63, 3.8) is 0 Å². The summed E-state index contributed by atoms with van der Waals surface area (Å²) in [5.74, 6) is -1.13. The van der Waals surface area contributed by atoms with E-state index < -0.39 is 11.9 Å². The molecule has 2 aromatic rings. The maximum Gasteiger partial charge on any atom is 0.312 e. The van der Waals surface area contributed by atoms with Crippen LogP contribution in [0.5, 0.6) is 0 Å². The fourth-order valence-corrected chi connectivity index (χ4v) is 1.58. The number of imidazole rings is 1. The van der Waals surface area contributed by atoms with Gasteiger partial charge in [-0.05, 0) is 18.1 Å². The number of anilines is 1. The topological polar surface area (TPSA) is 105 Å². The van der Waals surface area contributed by atoms with Crippen LogP contribution in [0.15, 0.2) is 30.9 Å². The first kappa shape index (κ1) is 17.2. The summed E-state index contributed by atoms with van der Waals surface area (Å²) in [6.07, 6.45) is 4.92. The Labute approximate surface area is 122 Å². The van der Waals surface area contributed by atoms with Crippen molar-refractivity contribution in [1.82, 2.24) is 15.0 Å². The Morgan fingerprint density at radius 3 is 2.58 bits per heavy atom. The Bertz CT molecular complexity index is 502. The number of nitrogen functional groups attached to an aromatic ring is 1. The molecule has 2 rings (SSSR count). The molecular formula is C11H14Cl2N4O2. The van der Waals surface area contributed by atoms with Crippen LogP contribution in [-0.2, 0) is 11.2 Å². The average Bonchev–Trinajstić information content (AvgIpc) is 2.81. The number of nitrogens with two attached hydrogens (primary N) is 1. The maximum absolute atomic E-state index is 11.2. The number of rotatable bonds is 4. The minimum Gasteiger partial charge on any atom is -0.481 e. The molecule has 0 saturated heterocycles. The molecule has 0 amide bonds. The zero-order valence-corrected chi connectivity index (χ0v) is 11.4. The van der Waals surface area contributed by atoms with Crippen LogP contribution < -0.4 is 5.73 Å². The van der Waals surface area contributed by atoms with Gasteiger partial charge in [-0.3, -0.25) is 4.79 Å². The van der Waals surface area contributed by atoms with Crippen LogP contribution in [-0.4, -0.2) is 26.0 Å². The summed E-state index contributed by atoms with van der Waals surface area (Å²) in [6.45, 7) is 0. The largest absolute Gasteiger partial charge is 0.481 e. The number of H-pyrrole nitrogens is 1. The second-order valence-corrected chi connectivity index (χ2v) is 3.69. The molecule has 2 aromatic heterocycles. The van der Waals surface area contributed by atoms with Gasteiger partial charge in [0.05, 0.1) is 6.33 Å². The highest BCUT2D eigenvalue weighted by Gasteiger charge is 2.21. The van der Waals surface area contributed by atoms with Crippen LogP contribution in [0.1, 0.15) is 17.2 Å². The van der Waals surface area contributed by atoms with Crippen LogP contribution in [0.4, 0.5) is 5.82 Å². The number of carboxylic acid groups (broad SMARTS) is 1. The van der Waals surface area contributed by atoms with Crippen molar-refractivity contribution in [2.75, 3.05) is 5.73 Å². The smallest absolute Gasteiger partial charge is 0.312 e. The SMILES string of the molecule is Cl.Cl.Nc1ccc(CC(C(=O)O)c2cnc[nH]2)cn1. The van der Waals surface area contributed by atoms with E-state index in [1.807, 2.05) is 0 Å². The fourth-order valence-electron chi connectivity index (χ4n) is 1.58. The lowest BCUT2D eigenvalue weighted by Gasteiger charge is -2.10. The number of aromatic nitrogens is 3. The van der Waals surface area contributed by atoms with Crippen molar-refractivity contribution in [2.45, 2.75) is 12.3 Å². The zero-order valence-electron chi connectivity index (χ0n) is 9.81. The summed E-state index contributed by atoms with van der Waals surface area (Å²) >= 11 is 0. The van der Waals surface area contributed by atoms with Gasteiger partial charge in [0.1, 0.15) is 11.7 Å². The quantitative estimate of drug-likeness (QED) is 0.796. The van der Waals surface area contributed by atoms with Crippen molar-refractivity contribution in [3.8, 4) is 0 Å². The standard InChI is InChI=1S/C11H12N4O2.2ClH/c12-10-2-1-7(4-14-10)3-8(11(16)17)9-5-13-6-15-9;;/h1-2,4-6,8H,3H2,(H2,12,14)(H,13,15)(H,16,17);2*1H. The Balaban J connectivity index is 0.00000162. The normalized spacial score (nSPS) is 10.9. The Morgan fingerprint density at radius 1 is 1.37 bits per heavy atom. The lowest BCUT2D eigenvalue weighted by molar-refractivity contribution is -0.138. The van der Waals surface area contributed by atoms with E-state index in [4.69, 9.17) is 10.8 Å². The number of hydrogen-bond acceptors (Lipinski definition) is 4. The fraction of sp³-hybridized carbons (Fsp3) is 0.182. The molecule has 0 aliphatic heterocycles. The van der Waals surface area contributed by atoms with Crippen molar-refractivity contribution in [1.29, 1.82) is 0 Å². The number of carbonyl (C=O) groups is 1. The molecule has 1 unspecified atom stereocenters. The maximum atomic E-state index is 11.2. The second kappa shape index (κ2) is 7.60. The molecule has 0 aromatic carbocycles. The molecule has 0 spiro atoms. The lowest BCUT2D eigenvalue weighted by Crippen LogP contribution is -2.15. The predicted octanol–water partition coefficient (Wildman–Crippen LogP) is 1.64. The van der Waals surface area contributed by atoms with Crippen LogP contribution in [0.25, 0.3) is 0 Å². The summed E-state index contributed by atoms with van der Waals surface area (Å²) in [5, 5.41) is 9.17. The zero-order chi connectivity index (χ0) is 12.3. The van der Waals surface area contributed by atoms with Crippen LogP contribution in [0.2, 0.25) is 0 Å². The van der Waals surface area contributed by atoms with Crippen molar-refractivity contribution < 1.29 is 9.90 Å². The molecule has 0 saturated carbocycles. The van der Waals surface area contributed by atoms with Gasteiger partial charge in [0.15, 0.2) is 0 Å². The number of pyridine rings is 1. The molecule has 1 atom stereocenters. The van der Waals surface area contributed by atoms with Gasteiger partial charge < -0.3 is 15.8 Å². The average molecular weight is 305 g/mol. The molecule has 6 nitrogen and oxygen atoms in total. The van der Waals surface area contributed by atoms with Gasteiger partial charge in [0.25, 0.3) is 0 Å². The third-order valence-electron chi connectivity index (χ3n) is 2.48. The van der Waals surface area contributed by atoms with Crippen molar-refractivity contribution in [2.24, 2.45) is 0 Å². The van der Waals surface area contributed by atoms with E-state index in [0.29, 0.717) is 17.9 Å². The molecule has 0 fully saturated rings. The highest BCUT2D eigenvalue weighted by atomic mass is 35.5. The first-order valence-electron chi connectivity index (χ1n) is 5.08. The van der Waals surface area contributed by atoms with Crippen molar-refractivity contribution in [3.05, 3.63) is 42.1 Å². The highest BCUT2D eigenvalue weighted by molar-refractivity contribution is 5.85. The van der Waals surface area contributed by atoms with Gasteiger partial charge in [-0.1, -0.05) is 6.07 Å². The summed E-state index contributed by atoms with van der Waals surface area (Å²) in [5.41, 5.74) is 6.87. The van der Waals surface area contributed by atoms with Crippen LogP contribution >= 0.6 is 24.8 Å². The van der Waals surface area contributed by atoms with Gasteiger partial charge in [0.2, 0.25) is 0 Å². The molecule has 0 aliphatic rings. The van der Waals surface area contributed by atoms with E-state index in [0.717, 1.165) is 5.56 Å². The van der Waals surface area contributed by atoms with Crippen LogP contribution in [0, 0.1) is 0 Å². The molecule has 2 heterocycles. The number of halogens is 2. The lowest BCUT2D eigenvalue weighted by atomic mass is 9.98. The van der Waals surface area contributed by atoms with E-state index in [1.165, 1.54) is 12.5 Å². The van der Waals surface area contributed by atoms with Crippen molar-refractivity contribution >= 4 is 36.6 Å². The highest BCUT2D eigenvalue weighted by Crippen LogP contribution is 2.19. The molecule has 0 radical (unpaired) electrons. The summed E-state index contributed by atoms with van der Waals surface area (Å²) in [4.78, 5) is 21.7. The number of nitrogens with one attached hydrogen (secondary N) is 1. The van der Waals surface area contributed by atoms with E-state index in [1.54, 1.807) is 18.3 Å². The Hall–Kier alpha value is -1.79. The molecule has 19 heavy (non-hydrogen) atoms. The summed E-state index contributed by atoms with van der Waals surface area (Å²) < 4.78 is 0. The second-order valence-electron chi connectivity index (χ2n) is 3.69. The van der Waals surface area contributed by atoms with Gasteiger partial charge in [-0.15, -0.1) is 24.8 Å². The number of carboxylic acids is 1. The minimum absolute atomic E-state index is 0. The first-order valence-corrected chi connectivity index (χ1v) is 5.08. The van der Waals surface area contributed by atoms with E-state index >= 15 is 0 Å². The van der Waals surface area contributed by atoms with Gasteiger partial charge in [-0.2, -0.15) is 0 Å².